The topological polar surface area (TPSA) is 88.4 Å². The second kappa shape index (κ2) is 9.37. The van der Waals surface area contributed by atoms with E-state index < -0.39 is 5.97 Å². The highest BCUT2D eigenvalue weighted by Crippen LogP contribution is 2.16. The van der Waals surface area contributed by atoms with E-state index in [1.54, 1.807) is 24.3 Å². The Balaban J connectivity index is 2.28. The van der Waals surface area contributed by atoms with E-state index in [4.69, 9.17) is 14.7 Å². The van der Waals surface area contributed by atoms with Gasteiger partial charge in [0.15, 0.2) is 13.2 Å². The Hall–Kier alpha value is -2.55. The van der Waals surface area contributed by atoms with E-state index in [-0.39, 0.29) is 19.1 Å². The Morgan fingerprint density at radius 3 is 2.76 bits per heavy atom. The lowest BCUT2D eigenvalue weighted by Gasteiger charge is -2.08. The number of carbonyl (C=O) groups is 2. The monoisotopic (exact) mass is 290 g/mol. The summed E-state index contributed by atoms with van der Waals surface area (Å²) in [6, 6.07) is 8.52. The molecule has 1 aromatic rings. The van der Waals surface area contributed by atoms with Crippen LogP contribution in [0.4, 0.5) is 0 Å². The summed E-state index contributed by atoms with van der Waals surface area (Å²) in [7, 11) is 0. The summed E-state index contributed by atoms with van der Waals surface area (Å²) in [4.78, 5) is 22.8. The van der Waals surface area contributed by atoms with Gasteiger partial charge in [0.1, 0.15) is 11.8 Å². The largest absolute Gasteiger partial charge is 0.481 e. The molecular weight excluding hydrogens is 272 g/mol. The molecule has 1 amide bonds. The first kappa shape index (κ1) is 16.5. The third-order valence-corrected chi connectivity index (χ3v) is 2.57. The summed E-state index contributed by atoms with van der Waals surface area (Å²) in [5, 5.41) is 11.5. The molecule has 0 spiro atoms. The van der Waals surface area contributed by atoms with Crippen molar-refractivity contribution in [3.63, 3.8) is 0 Å². The van der Waals surface area contributed by atoms with Crippen LogP contribution in [0.25, 0.3) is 0 Å². The van der Waals surface area contributed by atoms with Crippen LogP contribution in [-0.2, 0) is 14.3 Å². The van der Waals surface area contributed by atoms with E-state index in [1.165, 1.54) is 0 Å². The first-order chi connectivity index (χ1) is 10.2. The minimum atomic E-state index is -0.659. The van der Waals surface area contributed by atoms with Gasteiger partial charge < -0.3 is 14.8 Å². The van der Waals surface area contributed by atoms with E-state index in [2.05, 4.69) is 5.32 Å². The number of benzene rings is 1. The number of nitrogens with zero attached hydrogens (tertiary/aromatic N) is 1. The number of amides is 1. The fourth-order valence-electron chi connectivity index (χ4n) is 1.46. The quantitative estimate of drug-likeness (QED) is 0.577. The van der Waals surface area contributed by atoms with E-state index in [0.717, 1.165) is 12.8 Å². The third kappa shape index (κ3) is 6.43. The van der Waals surface area contributed by atoms with E-state index in [0.29, 0.717) is 17.9 Å². The van der Waals surface area contributed by atoms with Gasteiger partial charge in [-0.3, -0.25) is 4.79 Å². The molecule has 0 aliphatic rings. The number of hydrogen-bond acceptors (Lipinski definition) is 5. The van der Waals surface area contributed by atoms with Crippen LogP contribution in [0.5, 0.6) is 5.75 Å². The van der Waals surface area contributed by atoms with Crippen molar-refractivity contribution in [3.8, 4) is 11.8 Å². The summed E-state index contributed by atoms with van der Waals surface area (Å²) in [5.74, 6) is -0.688. The van der Waals surface area contributed by atoms with Gasteiger partial charge in [-0.25, -0.2) is 4.79 Å². The molecule has 1 aromatic carbocycles. The zero-order chi connectivity index (χ0) is 15.5. The normalized spacial score (nSPS) is 9.52. The Bertz CT molecular complexity index is 523. The number of ether oxygens (including phenoxy) is 2. The van der Waals surface area contributed by atoms with E-state index >= 15 is 0 Å². The molecule has 0 atom stereocenters. The maximum absolute atomic E-state index is 11.4. The maximum atomic E-state index is 11.4. The molecule has 1 N–H and O–H groups in total. The highest BCUT2D eigenvalue weighted by molar-refractivity contribution is 5.80. The molecule has 112 valence electrons. The van der Waals surface area contributed by atoms with Gasteiger partial charge >= 0.3 is 5.97 Å². The van der Waals surface area contributed by atoms with Gasteiger partial charge in [-0.1, -0.05) is 25.5 Å². The molecule has 0 aliphatic heterocycles. The van der Waals surface area contributed by atoms with Crippen molar-refractivity contribution in [1.29, 1.82) is 5.26 Å². The number of rotatable bonds is 8. The predicted octanol–water partition coefficient (Wildman–Crippen LogP) is 1.40. The molecule has 6 heteroatoms. The van der Waals surface area contributed by atoms with Gasteiger partial charge in [-0.2, -0.15) is 5.26 Å². The first-order valence-electron chi connectivity index (χ1n) is 6.71. The first-order valence-corrected chi connectivity index (χ1v) is 6.71. The fraction of sp³-hybridized carbons (Fsp3) is 0.400. The molecule has 0 heterocycles. The average molecular weight is 290 g/mol. The zero-order valence-electron chi connectivity index (χ0n) is 11.9. The summed E-state index contributed by atoms with van der Waals surface area (Å²) in [6.45, 7) is 1.91. The second-order valence-corrected chi connectivity index (χ2v) is 4.26. The van der Waals surface area contributed by atoms with Crippen LogP contribution >= 0.6 is 0 Å². The Morgan fingerprint density at radius 2 is 2.05 bits per heavy atom. The van der Waals surface area contributed by atoms with Gasteiger partial charge in [-0.15, -0.1) is 0 Å². The number of hydrogen-bond donors (Lipinski definition) is 1. The van der Waals surface area contributed by atoms with Gasteiger partial charge in [0.25, 0.3) is 5.91 Å². The molecular formula is C15H18N2O4. The minimum absolute atomic E-state index is 0.310. The van der Waals surface area contributed by atoms with Crippen LogP contribution < -0.4 is 10.1 Å². The second-order valence-electron chi connectivity index (χ2n) is 4.26. The molecule has 0 saturated carbocycles. The molecule has 0 bridgehead atoms. The highest BCUT2D eigenvalue weighted by Gasteiger charge is 2.09. The number of nitrogens with one attached hydrogen (secondary N) is 1. The van der Waals surface area contributed by atoms with Crippen molar-refractivity contribution in [2.75, 3.05) is 19.8 Å². The number of nitriles is 1. The number of esters is 1. The predicted molar refractivity (Wildman–Crippen MR) is 75.5 cm³/mol. The average Bonchev–Trinajstić information content (AvgIpc) is 2.51. The number of unbranched alkanes of at least 4 members (excludes halogenated alkanes) is 1. The molecule has 21 heavy (non-hydrogen) atoms. The lowest BCUT2D eigenvalue weighted by molar-refractivity contribution is -0.150. The van der Waals surface area contributed by atoms with Crippen molar-refractivity contribution >= 4 is 11.9 Å². The van der Waals surface area contributed by atoms with Crippen molar-refractivity contribution in [2.45, 2.75) is 19.8 Å². The SMILES string of the molecule is CCCCNC(=O)COC(=O)COc1ccccc1C#N. The van der Waals surface area contributed by atoms with Crippen molar-refractivity contribution in [2.24, 2.45) is 0 Å². The van der Waals surface area contributed by atoms with Gasteiger partial charge in [-0.05, 0) is 18.6 Å². The standard InChI is InChI=1S/C15H18N2O4/c1-2-3-8-17-14(18)10-21-15(19)11-20-13-7-5-4-6-12(13)9-16/h4-7H,2-3,8,10-11H2,1H3,(H,17,18). The fourth-order valence-corrected chi connectivity index (χ4v) is 1.46. The van der Waals surface area contributed by atoms with Crippen LogP contribution in [0, 0.1) is 11.3 Å². The minimum Gasteiger partial charge on any atom is -0.481 e. The van der Waals surface area contributed by atoms with E-state index in [9.17, 15) is 9.59 Å². The molecule has 1 rings (SSSR count). The molecule has 6 nitrogen and oxygen atoms in total. The summed E-state index contributed by atoms with van der Waals surface area (Å²) in [6.07, 6.45) is 1.86. The Labute approximate surface area is 123 Å². The van der Waals surface area contributed by atoms with Crippen LogP contribution in [0.1, 0.15) is 25.3 Å². The van der Waals surface area contributed by atoms with Crippen LogP contribution in [0.15, 0.2) is 24.3 Å². The maximum Gasteiger partial charge on any atom is 0.344 e. The van der Waals surface area contributed by atoms with Crippen molar-refractivity contribution in [1.82, 2.24) is 5.32 Å². The Morgan fingerprint density at radius 1 is 1.29 bits per heavy atom. The van der Waals surface area contributed by atoms with Crippen molar-refractivity contribution in [3.05, 3.63) is 29.8 Å². The van der Waals surface area contributed by atoms with Crippen LogP contribution in [0.3, 0.4) is 0 Å². The van der Waals surface area contributed by atoms with Crippen molar-refractivity contribution < 1.29 is 19.1 Å². The van der Waals surface area contributed by atoms with Gasteiger partial charge in [0.2, 0.25) is 0 Å². The summed E-state index contributed by atoms with van der Waals surface area (Å²) in [5.41, 5.74) is 0.336. The summed E-state index contributed by atoms with van der Waals surface area (Å²) >= 11 is 0. The molecule has 0 aliphatic carbocycles. The third-order valence-electron chi connectivity index (χ3n) is 2.57. The smallest absolute Gasteiger partial charge is 0.344 e. The summed E-state index contributed by atoms with van der Waals surface area (Å²) < 4.78 is 9.96. The lowest BCUT2D eigenvalue weighted by Crippen LogP contribution is -2.30. The van der Waals surface area contributed by atoms with Crippen LogP contribution in [0.2, 0.25) is 0 Å². The Kier molecular flexibility index (Phi) is 7.36. The van der Waals surface area contributed by atoms with Gasteiger partial charge in [0, 0.05) is 6.54 Å². The molecule has 0 aromatic heterocycles. The van der Waals surface area contributed by atoms with E-state index in [1.807, 2.05) is 13.0 Å². The number of carbonyl (C=O) groups excluding carboxylic acids is 2. The highest BCUT2D eigenvalue weighted by atomic mass is 16.6. The van der Waals surface area contributed by atoms with Crippen LogP contribution in [-0.4, -0.2) is 31.6 Å². The lowest BCUT2D eigenvalue weighted by atomic mass is 10.2. The number of para-hydroxylation sites is 1. The molecule has 0 fully saturated rings. The van der Waals surface area contributed by atoms with Gasteiger partial charge in [0.05, 0.1) is 5.56 Å². The molecule has 0 saturated heterocycles. The molecule has 0 radical (unpaired) electrons. The molecule has 0 unspecified atom stereocenters. The zero-order valence-corrected chi connectivity index (χ0v) is 11.9.